The fraction of sp³-hybridized carbons (Fsp3) is 0.133. The Morgan fingerprint density at radius 3 is 2.76 bits per heavy atom. The molecule has 0 saturated carbocycles. The minimum atomic E-state index is -0.163. The van der Waals surface area contributed by atoms with E-state index in [-0.39, 0.29) is 17.9 Å². The second-order valence-electron chi connectivity index (χ2n) is 4.70. The van der Waals surface area contributed by atoms with Crippen molar-refractivity contribution in [2.45, 2.75) is 13.5 Å². The third-order valence-electron chi connectivity index (χ3n) is 3.20. The number of benzene rings is 1. The van der Waals surface area contributed by atoms with Crippen LogP contribution in [0.4, 0.5) is 0 Å². The number of fused-ring (bicyclic) bond motifs is 1. The molecular formula is C15H11BrN2O2S. The summed E-state index contributed by atoms with van der Waals surface area (Å²) in [5.41, 5.74) is 2.12. The van der Waals surface area contributed by atoms with Crippen molar-refractivity contribution in [2.75, 3.05) is 0 Å². The molecule has 3 rings (SSSR count). The van der Waals surface area contributed by atoms with E-state index in [4.69, 9.17) is 0 Å². The van der Waals surface area contributed by atoms with E-state index >= 15 is 0 Å². The molecule has 4 nitrogen and oxygen atoms in total. The summed E-state index contributed by atoms with van der Waals surface area (Å²) < 4.78 is 2.87. The van der Waals surface area contributed by atoms with Crippen molar-refractivity contribution in [1.29, 1.82) is 0 Å². The van der Waals surface area contributed by atoms with Crippen LogP contribution in [-0.2, 0) is 6.54 Å². The normalized spacial score (nSPS) is 11.0. The van der Waals surface area contributed by atoms with Gasteiger partial charge in [0.15, 0.2) is 5.78 Å². The van der Waals surface area contributed by atoms with Gasteiger partial charge in [-0.3, -0.25) is 14.2 Å². The minimum absolute atomic E-state index is 0.000351. The first-order valence-corrected chi connectivity index (χ1v) is 7.95. The van der Waals surface area contributed by atoms with Crippen molar-refractivity contribution < 1.29 is 4.79 Å². The topological polar surface area (TPSA) is 52.0 Å². The number of carbonyl (C=O) groups is 1. The van der Waals surface area contributed by atoms with Crippen LogP contribution in [0.25, 0.3) is 10.2 Å². The van der Waals surface area contributed by atoms with E-state index in [0.717, 1.165) is 15.6 Å². The van der Waals surface area contributed by atoms with Crippen LogP contribution in [0.5, 0.6) is 0 Å². The summed E-state index contributed by atoms with van der Waals surface area (Å²) in [6.07, 6.45) is 1.45. The maximum atomic E-state index is 12.3. The van der Waals surface area contributed by atoms with Crippen LogP contribution in [-0.4, -0.2) is 15.3 Å². The Labute approximate surface area is 133 Å². The third-order valence-corrected chi connectivity index (χ3v) is 4.81. The highest BCUT2D eigenvalue weighted by Crippen LogP contribution is 2.19. The van der Waals surface area contributed by atoms with Crippen LogP contribution in [0.1, 0.15) is 15.9 Å². The molecule has 0 spiro atoms. The lowest BCUT2D eigenvalue weighted by molar-refractivity contribution is 0.0970. The van der Waals surface area contributed by atoms with Gasteiger partial charge in [0.1, 0.15) is 4.70 Å². The molecule has 0 bridgehead atoms. The Bertz CT molecular complexity index is 881. The summed E-state index contributed by atoms with van der Waals surface area (Å²) in [5, 5.41) is 1.90. The number of thiophene rings is 1. The summed E-state index contributed by atoms with van der Waals surface area (Å²) >= 11 is 4.69. The molecule has 0 atom stereocenters. The van der Waals surface area contributed by atoms with E-state index in [1.807, 2.05) is 12.3 Å². The molecule has 0 unspecified atom stereocenters. The van der Waals surface area contributed by atoms with Gasteiger partial charge in [-0.25, -0.2) is 4.98 Å². The van der Waals surface area contributed by atoms with Gasteiger partial charge in [0.2, 0.25) is 0 Å². The van der Waals surface area contributed by atoms with E-state index in [1.54, 1.807) is 24.3 Å². The fourth-order valence-electron chi connectivity index (χ4n) is 2.05. The molecule has 0 fully saturated rings. The number of rotatable bonds is 3. The van der Waals surface area contributed by atoms with E-state index in [0.29, 0.717) is 10.3 Å². The molecule has 0 radical (unpaired) electrons. The Balaban J connectivity index is 1.94. The Morgan fingerprint density at radius 1 is 1.33 bits per heavy atom. The molecule has 1 aromatic carbocycles. The number of hydrogen-bond donors (Lipinski definition) is 0. The number of hydrogen-bond acceptors (Lipinski definition) is 4. The van der Waals surface area contributed by atoms with Gasteiger partial charge >= 0.3 is 0 Å². The third kappa shape index (κ3) is 2.69. The summed E-state index contributed by atoms with van der Waals surface area (Å²) in [5.74, 6) is -0.112. The van der Waals surface area contributed by atoms with Gasteiger partial charge in [-0.05, 0) is 30.0 Å². The zero-order valence-corrected chi connectivity index (χ0v) is 13.6. The van der Waals surface area contributed by atoms with E-state index in [2.05, 4.69) is 20.9 Å². The molecule has 0 saturated heterocycles. The average molecular weight is 363 g/mol. The predicted molar refractivity (Wildman–Crippen MR) is 87.1 cm³/mol. The molecular weight excluding hydrogens is 352 g/mol. The van der Waals surface area contributed by atoms with Crippen molar-refractivity contribution in [3.63, 3.8) is 0 Å². The van der Waals surface area contributed by atoms with Gasteiger partial charge in [0.25, 0.3) is 5.56 Å². The highest BCUT2D eigenvalue weighted by molar-refractivity contribution is 9.10. The van der Waals surface area contributed by atoms with Crippen molar-refractivity contribution in [3.8, 4) is 0 Å². The first kappa shape index (κ1) is 14.2. The molecule has 2 aromatic heterocycles. The lowest BCUT2D eigenvalue weighted by atomic mass is 10.1. The maximum Gasteiger partial charge on any atom is 0.271 e. The molecule has 106 valence electrons. The van der Waals surface area contributed by atoms with E-state index in [1.165, 1.54) is 22.2 Å². The largest absolute Gasteiger partial charge is 0.292 e. The summed E-state index contributed by atoms with van der Waals surface area (Å²) in [7, 11) is 0. The molecule has 3 aromatic rings. The summed E-state index contributed by atoms with van der Waals surface area (Å²) in [4.78, 5) is 28.8. The monoisotopic (exact) mass is 362 g/mol. The van der Waals surface area contributed by atoms with Gasteiger partial charge in [0, 0.05) is 10.0 Å². The Kier molecular flexibility index (Phi) is 3.73. The molecule has 0 aliphatic carbocycles. The highest BCUT2D eigenvalue weighted by atomic mass is 79.9. The Morgan fingerprint density at radius 2 is 2.05 bits per heavy atom. The quantitative estimate of drug-likeness (QED) is 0.670. The zero-order valence-electron chi connectivity index (χ0n) is 11.2. The SMILES string of the molecule is Cc1csc2c(=O)n(CC(=O)c3ccc(Br)cc3)cnc12. The Hall–Kier alpha value is -1.79. The zero-order chi connectivity index (χ0) is 15.0. The predicted octanol–water partition coefficient (Wildman–Crippen LogP) is 3.41. The fourth-order valence-corrected chi connectivity index (χ4v) is 3.27. The molecule has 6 heteroatoms. The summed E-state index contributed by atoms with van der Waals surface area (Å²) in [6, 6.07) is 7.08. The number of halogens is 1. The lowest BCUT2D eigenvalue weighted by Gasteiger charge is -2.05. The molecule has 0 N–H and O–H groups in total. The first-order chi connectivity index (χ1) is 10.1. The van der Waals surface area contributed by atoms with Gasteiger partial charge < -0.3 is 0 Å². The van der Waals surface area contributed by atoms with E-state index < -0.39 is 0 Å². The first-order valence-electron chi connectivity index (χ1n) is 6.28. The molecule has 0 aliphatic heterocycles. The number of Topliss-reactive ketones (excluding diaryl/α,β-unsaturated/α-hetero) is 1. The van der Waals surface area contributed by atoms with Crippen molar-refractivity contribution in [1.82, 2.24) is 9.55 Å². The minimum Gasteiger partial charge on any atom is -0.292 e. The summed E-state index contributed by atoms with van der Waals surface area (Å²) in [6.45, 7) is 1.92. The second-order valence-corrected chi connectivity index (χ2v) is 6.50. The number of carbonyl (C=O) groups excluding carboxylic acids is 1. The van der Waals surface area contributed by atoms with Gasteiger partial charge in [-0.15, -0.1) is 11.3 Å². The van der Waals surface area contributed by atoms with Crippen LogP contribution < -0.4 is 5.56 Å². The van der Waals surface area contributed by atoms with Crippen LogP contribution in [0, 0.1) is 6.92 Å². The molecule has 0 aliphatic rings. The van der Waals surface area contributed by atoms with Gasteiger partial charge in [0.05, 0.1) is 18.4 Å². The van der Waals surface area contributed by atoms with Crippen LogP contribution in [0.15, 0.2) is 45.2 Å². The average Bonchev–Trinajstić information content (AvgIpc) is 2.85. The van der Waals surface area contributed by atoms with Crippen LogP contribution in [0.2, 0.25) is 0 Å². The number of aromatic nitrogens is 2. The van der Waals surface area contributed by atoms with Gasteiger partial charge in [-0.1, -0.05) is 28.1 Å². The van der Waals surface area contributed by atoms with E-state index in [9.17, 15) is 9.59 Å². The maximum absolute atomic E-state index is 12.3. The van der Waals surface area contributed by atoms with Crippen molar-refractivity contribution >= 4 is 43.3 Å². The van der Waals surface area contributed by atoms with Crippen LogP contribution in [0.3, 0.4) is 0 Å². The highest BCUT2D eigenvalue weighted by Gasteiger charge is 2.12. The number of ketones is 1. The second kappa shape index (κ2) is 5.54. The molecule has 0 amide bonds. The standard InChI is InChI=1S/C15H11BrN2O2S/c1-9-7-21-14-13(9)17-8-18(15(14)20)6-12(19)10-2-4-11(16)5-3-10/h2-5,7-8H,6H2,1H3. The number of nitrogens with zero attached hydrogens (tertiary/aromatic N) is 2. The smallest absolute Gasteiger partial charge is 0.271 e. The van der Waals surface area contributed by atoms with Crippen molar-refractivity contribution in [3.05, 3.63) is 61.9 Å². The van der Waals surface area contributed by atoms with Gasteiger partial charge in [-0.2, -0.15) is 0 Å². The molecule has 2 heterocycles. The number of aryl methyl sites for hydroxylation is 1. The van der Waals surface area contributed by atoms with Crippen molar-refractivity contribution in [2.24, 2.45) is 0 Å². The lowest BCUT2D eigenvalue weighted by Crippen LogP contribution is -2.24. The van der Waals surface area contributed by atoms with Crippen LogP contribution >= 0.6 is 27.3 Å². The molecule has 21 heavy (non-hydrogen) atoms.